The van der Waals surface area contributed by atoms with Crippen LogP contribution in [0.1, 0.15) is 30.7 Å². The van der Waals surface area contributed by atoms with Crippen LogP contribution in [0.4, 0.5) is 4.79 Å². The number of nitrogens with one attached hydrogen (secondary N) is 3. The maximum absolute atomic E-state index is 13.2. The summed E-state index contributed by atoms with van der Waals surface area (Å²) in [6.07, 6.45) is 2.96. The molecule has 4 heterocycles. The number of fused-ring (bicyclic) bond motifs is 1. The first-order valence-electron chi connectivity index (χ1n) is 11.8. The number of carbonyl (C=O) groups excluding carboxylic acids is 3. The van der Waals surface area contributed by atoms with Crippen LogP contribution >= 0.6 is 34.9 Å². The van der Waals surface area contributed by atoms with Crippen molar-refractivity contribution >= 4 is 58.7 Å². The lowest BCUT2D eigenvalue weighted by molar-refractivity contribution is -0.672. The van der Waals surface area contributed by atoms with E-state index in [1.807, 2.05) is 6.92 Å². The van der Waals surface area contributed by atoms with Gasteiger partial charge in [0, 0.05) is 34.1 Å². The number of carboxylic acid groups (broad SMARTS) is 1. The molecule has 2 aliphatic heterocycles. The number of rotatable bonds is 11. The summed E-state index contributed by atoms with van der Waals surface area (Å²) in [5.41, 5.74) is 0.401. The summed E-state index contributed by atoms with van der Waals surface area (Å²) in [5, 5.41) is 34.8. The number of thiophene rings is 1. The Hall–Kier alpha value is -3.30. The van der Waals surface area contributed by atoms with Gasteiger partial charge in [0.2, 0.25) is 12.1 Å². The molecule has 202 valence electrons. The molecule has 0 saturated carbocycles. The van der Waals surface area contributed by atoms with Crippen LogP contribution in [-0.4, -0.2) is 68.4 Å². The number of carbonyl (C=O) groups is 4. The Morgan fingerprint density at radius 3 is 2.84 bits per heavy atom. The molecular weight excluding hydrogens is 552 g/mol. The number of β-lactam (4-membered cyclic amide) rings is 1. The van der Waals surface area contributed by atoms with Crippen LogP contribution in [0, 0.1) is 5.21 Å². The monoisotopic (exact) mass is 578 g/mol. The van der Waals surface area contributed by atoms with Crippen molar-refractivity contribution in [1.82, 2.24) is 25.9 Å². The highest BCUT2D eigenvalue weighted by atomic mass is 32.2. The number of carboxylic acids is 1. The van der Waals surface area contributed by atoms with E-state index in [4.69, 9.17) is 0 Å². The van der Waals surface area contributed by atoms with Gasteiger partial charge in [0.1, 0.15) is 23.2 Å². The molecule has 0 radical (unpaired) electrons. The molecule has 0 spiro atoms. The second-order valence-corrected chi connectivity index (χ2v) is 11.5. The Kier molecular flexibility index (Phi) is 9.12. The summed E-state index contributed by atoms with van der Waals surface area (Å²) in [4.78, 5) is 52.9. The van der Waals surface area contributed by atoms with Crippen molar-refractivity contribution in [2.45, 2.75) is 42.2 Å². The van der Waals surface area contributed by atoms with Crippen molar-refractivity contribution in [1.29, 1.82) is 0 Å². The second-order valence-electron chi connectivity index (χ2n) is 8.39. The van der Waals surface area contributed by atoms with Crippen molar-refractivity contribution in [2.24, 2.45) is 0 Å². The first kappa shape index (κ1) is 27.7. The summed E-state index contributed by atoms with van der Waals surface area (Å²) in [6.45, 7) is 2.47. The van der Waals surface area contributed by atoms with E-state index in [0.717, 1.165) is 12.8 Å². The number of urea groups is 1. The lowest BCUT2D eigenvalue weighted by Crippen LogP contribution is -2.71. The van der Waals surface area contributed by atoms with Crippen LogP contribution in [0.15, 0.2) is 52.1 Å². The van der Waals surface area contributed by atoms with Gasteiger partial charge in [-0.2, -0.15) is 0 Å². The average molecular weight is 579 g/mol. The number of unbranched alkanes of at least 4 members (excludes halogenated alkanes) is 1. The number of nitrogens with zero attached hydrogens (tertiary/aromatic N) is 3. The quantitative estimate of drug-likeness (QED) is 0.101. The molecule has 15 heteroatoms. The van der Waals surface area contributed by atoms with Gasteiger partial charge in [0.15, 0.2) is 5.03 Å². The number of amides is 4. The zero-order valence-electron chi connectivity index (χ0n) is 20.3. The minimum Gasteiger partial charge on any atom is -0.594 e. The van der Waals surface area contributed by atoms with E-state index in [-0.39, 0.29) is 11.4 Å². The van der Waals surface area contributed by atoms with Crippen molar-refractivity contribution in [3.8, 4) is 0 Å². The van der Waals surface area contributed by atoms with Gasteiger partial charge < -0.3 is 26.3 Å². The Morgan fingerprint density at radius 2 is 2.16 bits per heavy atom. The molecule has 0 aliphatic carbocycles. The molecule has 0 aromatic carbocycles. The number of thioether (sulfide) groups is 2. The smallest absolute Gasteiger partial charge is 0.352 e. The number of hydrogen-bond acceptors (Lipinski definition) is 9. The second kappa shape index (κ2) is 12.5. The predicted octanol–water partition coefficient (Wildman–Crippen LogP) is 1.45. The van der Waals surface area contributed by atoms with Gasteiger partial charge in [-0.15, -0.1) is 23.1 Å². The van der Waals surface area contributed by atoms with Crippen LogP contribution < -0.4 is 20.8 Å². The van der Waals surface area contributed by atoms with E-state index in [0.29, 0.717) is 32.6 Å². The highest BCUT2D eigenvalue weighted by Crippen LogP contribution is 2.41. The van der Waals surface area contributed by atoms with Crippen molar-refractivity contribution in [2.75, 3.05) is 18.1 Å². The molecule has 0 bridgehead atoms. The molecule has 2 aromatic rings. The van der Waals surface area contributed by atoms with Crippen molar-refractivity contribution in [3.05, 3.63) is 57.2 Å². The van der Waals surface area contributed by atoms with E-state index >= 15 is 0 Å². The summed E-state index contributed by atoms with van der Waals surface area (Å²) < 4.78 is 0. The Bertz CT molecular complexity index is 1240. The van der Waals surface area contributed by atoms with Crippen LogP contribution in [0.3, 0.4) is 0 Å². The molecule has 1 fully saturated rings. The van der Waals surface area contributed by atoms with Gasteiger partial charge in [-0.1, -0.05) is 36.0 Å². The van der Waals surface area contributed by atoms with Gasteiger partial charge in [0.25, 0.3) is 5.91 Å². The Labute approximate surface area is 230 Å². The van der Waals surface area contributed by atoms with Gasteiger partial charge in [0.05, 0.1) is 0 Å². The van der Waals surface area contributed by atoms with Crippen LogP contribution in [0.5, 0.6) is 0 Å². The number of aliphatic carboxylic acids is 1. The molecule has 2 unspecified atom stereocenters. The third-order valence-corrected chi connectivity index (χ3v) is 9.06. The molecule has 38 heavy (non-hydrogen) atoms. The van der Waals surface area contributed by atoms with E-state index in [1.54, 1.807) is 29.6 Å². The minimum atomic E-state index is -1.24. The summed E-state index contributed by atoms with van der Waals surface area (Å²) >= 11 is 3.84. The van der Waals surface area contributed by atoms with Gasteiger partial charge >= 0.3 is 12.0 Å². The highest BCUT2D eigenvalue weighted by molar-refractivity contribution is 8.01. The largest absolute Gasteiger partial charge is 0.594 e. The fourth-order valence-electron chi connectivity index (χ4n) is 3.91. The van der Waals surface area contributed by atoms with Gasteiger partial charge in [-0.05, 0) is 29.5 Å². The molecule has 4 N–H and O–H groups in total. The number of aromatic nitrogens is 2. The summed E-state index contributed by atoms with van der Waals surface area (Å²) in [7, 11) is 0. The zero-order chi connectivity index (χ0) is 27.2. The molecule has 12 nitrogen and oxygen atoms in total. The van der Waals surface area contributed by atoms with Crippen molar-refractivity contribution < 1.29 is 29.1 Å². The van der Waals surface area contributed by atoms with Gasteiger partial charge in [-0.3, -0.25) is 14.5 Å². The standard InChI is InChI=1S/C23H26N6O6S3/c1-2-3-8-24-23(34)26-16(14-6-5-10-36-14)19(30)25-17-20(31)29-18(22(32)33)13(12-38-21(17)29)11-37-15-7-4-9-28(35)27-15/h4-7,9-10,16-17,21H,2-3,8,11-12H2,1H3,(H,25,30)(H,32,33)(H2,24,26,34)/t16?,17-,21?/m0/s1. The highest BCUT2D eigenvalue weighted by Gasteiger charge is 2.54. The lowest BCUT2D eigenvalue weighted by atomic mass is 10.0. The molecule has 1 saturated heterocycles. The normalized spacial score (nSPS) is 19.3. The maximum atomic E-state index is 13.2. The minimum absolute atomic E-state index is 0.120. The molecule has 3 atom stereocenters. The van der Waals surface area contributed by atoms with Crippen LogP contribution in [0.2, 0.25) is 0 Å². The lowest BCUT2D eigenvalue weighted by Gasteiger charge is -2.49. The van der Waals surface area contributed by atoms with E-state index in [1.165, 1.54) is 46.0 Å². The first-order valence-corrected chi connectivity index (χ1v) is 14.7. The fourth-order valence-corrected chi connectivity index (χ4v) is 7.04. The summed E-state index contributed by atoms with van der Waals surface area (Å²) in [6, 6.07) is 4.23. The van der Waals surface area contributed by atoms with E-state index in [2.05, 4.69) is 21.0 Å². The van der Waals surface area contributed by atoms with Crippen LogP contribution in [-0.2, 0) is 14.4 Å². The predicted molar refractivity (Wildman–Crippen MR) is 142 cm³/mol. The molecule has 4 amide bonds. The molecule has 4 rings (SSSR count). The SMILES string of the molecule is CCCCNC(=O)NC(C(=O)N[C@H]1C(=O)N2C(C(=O)O)=C(CSc3ccc[n+]([O-])n3)CSC12)c1cccs1. The van der Waals surface area contributed by atoms with E-state index < -0.39 is 41.3 Å². The van der Waals surface area contributed by atoms with Gasteiger partial charge in [-0.25, -0.2) is 9.59 Å². The topological polar surface area (TPSA) is 168 Å². The van der Waals surface area contributed by atoms with Crippen LogP contribution in [0.25, 0.3) is 0 Å². The third kappa shape index (κ3) is 6.22. The fraction of sp³-hybridized carbons (Fsp3) is 0.391. The molecular formula is C23H26N6O6S3. The average Bonchev–Trinajstić information content (AvgIpc) is 3.43. The first-order chi connectivity index (χ1) is 18.3. The van der Waals surface area contributed by atoms with E-state index in [9.17, 15) is 29.5 Å². The zero-order valence-corrected chi connectivity index (χ0v) is 22.7. The molecule has 2 aromatic heterocycles. The van der Waals surface area contributed by atoms with Crippen molar-refractivity contribution in [3.63, 3.8) is 0 Å². The Morgan fingerprint density at radius 1 is 1.34 bits per heavy atom. The summed E-state index contributed by atoms with van der Waals surface area (Å²) in [5.74, 6) is -1.78. The maximum Gasteiger partial charge on any atom is 0.352 e. The third-order valence-electron chi connectivity index (χ3n) is 5.77. The molecule has 2 aliphatic rings. The number of hydrogen-bond donors (Lipinski definition) is 4. The Balaban J connectivity index is 1.44.